The average Bonchev–Trinajstić information content (AvgIpc) is 3.06. The Kier molecular flexibility index (Phi) is 12.8. The number of amides is 2. The van der Waals surface area contributed by atoms with Crippen molar-refractivity contribution in [1.29, 1.82) is 0 Å². The van der Waals surface area contributed by atoms with Crippen LogP contribution in [0, 0.1) is 0 Å². The SMILES string of the molecule is CCOc1ccccc1N(CC(=O)N(CCc1ccccc1)C(CC)C(=O)NC1CCCCC1)S(=O)(=O)c1ccc(SC)cc1. The number of para-hydroxylation sites is 2. The van der Waals surface area contributed by atoms with Crippen molar-refractivity contribution in [2.24, 2.45) is 0 Å². The van der Waals surface area contributed by atoms with Crippen LogP contribution < -0.4 is 14.4 Å². The van der Waals surface area contributed by atoms with Gasteiger partial charge in [0.1, 0.15) is 18.3 Å². The lowest BCUT2D eigenvalue weighted by Crippen LogP contribution is -2.54. The molecule has 0 saturated heterocycles. The van der Waals surface area contributed by atoms with Crippen LogP contribution in [0.4, 0.5) is 5.69 Å². The molecule has 0 aromatic heterocycles. The normalized spacial score (nSPS) is 14.4. The maximum absolute atomic E-state index is 14.4. The van der Waals surface area contributed by atoms with Crippen molar-refractivity contribution in [2.75, 3.05) is 30.3 Å². The molecule has 1 fully saturated rings. The predicted molar refractivity (Wildman–Crippen MR) is 181 cm³/mol. The number of ether oxygens (including phenoxy) is 1. The van der Waals surface area contributed by atoms with Crippen molar-refractivity contribution in [3.05, 3.63) is 84.4 Å². The summed E-state index contributed by atoms with van der Waals surface area (Å²) in [6.07, 6.45) is 8.01. The summed E-state index contributed by atoms with van der Waals surface area (Å²) in [5, 5.41) is 3.19. The summed E-state index contributed by atoms with van der Waals surface area (Å²) in [5.41, 5.74) is 1.29. The van der Waals surface area contributed by atoms with E-state index in [4.69, 9.17) is 4.74 Å². The van der Waals surface area contributed by atoms with Crippen molar-refractivity contribution in [2.45, 2.75) is 80.7 Å². The lowest BCUT2D eigenvalue weighted by Gasteiger charge is -2.34. The van der Waals surface area contributed by atoms with Crippen LogP contribution in [-0.4, -0.2) is 63.2 Å². The fraction of sp³-hybridized carbons (Fsp3) is 0.429. The highest BCUT2D eigenvalue weighted by molar-refractivity contribution is 7.98. The molecule has 0 radical (unpaired) electrons. The standard InChI is InChI=1S/C35H45N3O5S2/c1-4-31(35(40)36-28-16-10-7-11-17-28)37(25-24-27-14-8-6-9-15-27)34(39)26-38(32-18-12-13-19-33(32)43-5-2)45(41,42)30-22-20-29(44-3)21-23-30/h6,8-9,12-15,18-23,28,31H,4-5,7,10-11,16-17,24-26H2,1-3H3,(H,36,40). The van der Waals surface area contributed by atoms with Gasteiger partial charge in [0.25, 0.3) is 10.0 Å². The van der Waals surface area contributed by atoms with E-state index in [1.54, 1.807) is 53.4 Å². The van der Waals surface area contributed by atoms with Gasteiger partial charge in [-0.15, -0.1) is 11.8 Å². The number of carbonyl (C=O) groups is 2. The van der Waals surface area contributed by atoms with Gasteiger partial charge in [0.15, 0.2) is 0 Å². The van der Waals surface area contributed by atoms with Gasteiger partial charge in [0.05, 0.1) is 17.2 Å². The van der Waals surface area contributed by atoms with Crippen molar-refractivity contribution < 1.29 is 22.7 Å². The van der Waals surface area contributed by atoms with Gasteiger partial charge in [0, 0.05) is 17.5 Å². The topological polar surface area (TPSA) is 96.0 Å². The molecule has 1 aliphatic rings. The quantitative estimate of drug-likeness (QED) is 0.194. The molecule has 1 atom stereocenters. The highest BCUT2D eigenvalue weighted by atomic mass is 32.2. The number of nitrogens with one attached hydrogen (secondary N) is 1. The molecule has 0 aliphatic heterocycles. The lowest BCUT2D eigenvalue weighted by molar-refractivity contribution is -0.140. The third kappa shape index (κ3) is 9.04. The van der Waals surface area contributed by atoms with Gasteiger partial charge in [-0.05, 0) is 80.8 Å². The number of hydrogen-bond donors (Lipinski definition) is 1. The molecule has 1 unspecified atom stereocenters. The number of nitrogens with zero attached hydrogens (tertiary/aromatic N) is 2. The minimum Gasteiger partial charge on any atom is -0.492 e. The summed E-state index contributed by atoms with van der Waals surface area (Å²) < 4.78 is 35.5. The van der Waals surface area contributed by atoms with Crippen LogP contribution in [0.5, 0.6) is 5.75 Å². The van der Waals surface area contributed by atoms with Crippen LogP contribution >= 0.6 is 11.8 Å². The number of carbonyl (C=O) groups excluding carboxylic acids is 2. The van der Waals surface area contributed by atoms with Gasteiger partial charge in [-0.3, -0.25) is 13.9 Å². The van der Waals surface area contributed by atoms with E-state index in [9.17, 15) is 18.0 Å². The van der Waals surface area contributed by atoms with Crippen LogP contribution in [0.15, 0.2) is 88.7 Å². The Morgan fingerprint density at radius 2 is 1.60 bits per heavy atom. The van der Waals surface area contributed by atoms with Crippen molar-refractivity contribution in [3.8, 4) is 5.75 Å². The molecular formula is C35H45N3O5S2. The first-order chi connectivity index (χ1) is 21.8. The molecule has 1 aliphatic carbocycles. The maximum Gasteiger partial charge on any atom is 0.264 e. The second kappa shape index (κ2) is 16.7. The van der Waals surface area contributed by atoms with Crippen molar-refractivity contribution in [1.82, 2.24) is 10.2 Å². The molecule has 0 heterocycles. The van der Waals surface area contributed by atoms with E-state index in [0.29, 0.717) is 25.2 Å². The first kappa shape index (κ1) is 34.4. The summed E-state index contributed by atoms with van der Waals surface area (Å²) in [6.45, 7) is 3.81. The fourth-order valence-electron chi connectivity index (χ4n) is 5.77. The van der Waals surface area contributed by atoms with Crippen molar-refractivity contribution in [3.63, 3.8) is 0 Å². The summed E-state index contributed by atoms with van der Waals surface area (Å²) in [7, 11) is -4.19. The van der Waals surface area contributed by atoms with E-state index in [0.717, 1.165) is 40.4 Å². The largest absolute Gasteiger partial charge is 0.492 e. The van der Waals surface area contributed by atoms with Gasteiger partial charge < -0.3 is 15.0 Å². The predicted octanol–water partition coefficient (Wildman–Crippen LogP) is 6.30. The highest BCUT2D eigenvalue weighted by Crippen LogP contribution is 2.33. The van der Waals surface area contributed by atoms with Crippen LogP contribution in [-0.2, 0) is 26.0 Å². The molecule has 2 amide bonds. The Labute approximate surface area is 272 Å². The van der Waals surface area contributed by atoms with Gasteiger partial charge in [-0.1, -0.05) is 68.7 Å². The number of thioether (sulfide) groups is 1. The third-order valence-corrected chi connectivity index (χ3v) is 10.7. The molecule has 45 heavy (non-hydrogen) atoms. The summed E-state index contributed by atoms with van der Waals surface area (Å²) in [4.78, 5) is 30.7. The number of sulfonamides is 1. The minimum absolute atomic E-state index is 0.0670. The monoisotopic (exact) mass is 651 g/mol. The first-order valence-electron chi connectivity index (χ1n) is 15.8. The zero-order valence-electron chi connectivity index (χ0n) is 26.5. The summed E-state index contributed by atoms with van der Waals surface area (Å²) in [6, 6.07) is 22.6. The van der Waals surface area contributed by atoms with Crippen LogP contribution in [0.25, 0.3) is 0 Å². The molecule has 0 bridgehead atoms. The van der Waals surface area contributed by atoms with E-state index in [1.165, 1.54) is 18.2 Å². The van der Waals surface area contributed by atoms with Crippen LogP contribution in [0.2, 0.25) is 0 Å². The molecule has 1 N–H and O–H groups in total. The van der Waals surface area contributed by atoms with E-state index in [-0.39, 0.29) is 29.1 Å². The Morgan fingerprint density at radius 3 is 2.24 bits per heavy atom. The molecule has 8 nitrogen and oxygen atoms in total. The van der Waals surface area contributed by atoms with E-state index < -0.39 is 28.5 Å². The molecule has 1 saturated carbocycles. The molecule has 3 aromatic rings. The molecule has 10 heteroatoms. The van der Waals surface area contributed by atoms with Gasteiger partial charge in [0.2, 0.25) is 11.8 Å². The number of benzene rings is 3. The zero-order chi connectivity index (χ0) is 32.2. The highest BCUT2D eigenvalue weighted by Gasteiger charge is 2.35. The lowest BCUT2D eigenvalue weighted by atomic mass is 9.95. The van der Waals surface area contributed by atoms with Crippen LogP contribution in [0.3, 0.4) is 0 Å². The second-order valence-corrected chi connectivity index (χ2v) is 13.9. The van der Waals surface area contributed by atoms with Gasteiger partial charge >= 0.3 is 0 Å². The molecule has 4 rings (SSSR count). The first-order valence-corrected chi connectivity index (χ1v) is 18.5. The third-order valence-electron chi connectivity index (χ3n) is 8.18. The summed E-state index contributed by atoms with van der Waals surface area (Å²) >= 11 is 1.51. The van der Waals surface area contributed by atoms with Crippen LogP contribution in [0.1, 0.15) is 57.9 Å². The Morgan fingerprint density at radius 1 is 0.933 bits per heavy atom. The molecule has 3 aromatic carbocycles. The Bertz CT molecular complexity index is 1490. The van der Waals surface area contributed by atoms with E-state index >= 15 is 0 Å². The Hall–Kier alpha value is -3.50. The van der Waals surface area contributed by atoms with E-state index in [1.807, 2.05) is 50.4 Å². The van der Waals surface area contributed by atoms with Gasteiger partial charge in [-0.25, -0.2) is 8.42 Å². The maximum atomic E-state index is 14.4. The van der Waals surface area contributed by atoms with Crippen molar-refractivity contribution >= 4 is 39.3 Å². The minimum atomic E-state index is -4.19. The van der Waals surface area contributed by atoms with E-state index in [2.05, 4.69) is 5.32 Å². The second-order valence-electron chi connectivity index (χ2n) is 11.2. The van der Waals surface area contributed by atoms with Gasteiger partial charge in [-0.2, -0.15) is 0 Å². The molecule has 0 spiro atoms. The smallest absolute Gasteiger partial charge is 0.264 e. The molecular weight excluding hydrogens is 607 g/mol. The zero-order valence-corrected chi connectivity index (χ0v) is 28.1. The fourth-order valence-corrected chi connectivity index (χ4v) is 7.60. The molecule has 242 valence electrons. The summed E-state index contributed by atoms with van der Waals surface area (Å²) in [5.74, 6) is -0.287. The average molecular weight is 652 g/mol. The number of hydrogen-bond acceptors (Lipinski definition) is 6. The number of rotatable bonds is 15. The Balaban J connectivity index is 1.71. The number of anilines is 1.